The van der Waals surface area contributed by atoms with Crippen molar-refractivity contribution in [3.8, 4) is 17.2 Å². The standard InChI is InChI=1S/C16H22N2O4/c1-18(9-14(19)11-20-2)8-13-10-22-16(17-13)12-4-6-15(21-3)7-5-12/h4-7,10,14,19H,8-9,11H2,1-3H3. The van der Waals surface area contributed by atoms with Gasteiger partial charge in [0.2, 0.25) is 5.89 Å². The summed E-state index contributed by atoms with van der Waals surface area (Å²) in [5.74, 6) is 1.37. The first-order valence-corrected chi connectivity index (χ1v) is 7.06. The summed E-state index contributed by atoms with van der Waals surface area (Å²) in [4.78, 5) is 6.44. The molecule has 0 bridgehead atoms. The van der Waals surface area contributed by atoms with Gasteiger partial charge in [0.05, 0.1) is 25.5 Å². The molecule has 1 N–H and O–H groups in total. The van der Waals surface area contributed by atoms with Crippen LogP contribution in [0.25, 0.3) is 11.5 Å². The van der Waals surface area contributed by atoms with E-state index >= 15 is 0 Å². The molecule has 22 heavy (non-hydrogen) atoms. The fourth-order valence-electron chi connectivity index (χ4n) is 2.19. The minimum atomic E-state index is -0.511. The van der Waals surface area contributed by atoms with Gasteiger partial charge >= 0.3 is 0 Å². The predicted octanol–water partition coefficient (Wildman–Crippen LogP) is 1.79. The molecule has 1 heterocycles. The van der Waals surface area contributed by atoms with Gasteiger partial charge in [0, 0.05) is 25.8 Å². The van der Waals surface area contributed by atoms with E-state index in [1.807, 2.05) is 36.2 Å². The number of ether oxygens (including phenoxy) is 2. The van der Waals surface area contributed by atoms with E-state index in [4.69, 9.17) is 13.9 Å². The number of aliphatic hydroxyl groups excluding tert-OH is 1. The fraction of sp³-hybridized carbons (Fsp3) is 0.438. The maximum atomic E-state index is 9.71. The van der Waals surface area contributed by atoms with Gasteiger partial charge in [-0.1, -0.05) is 0 Å². The molecule has 0 spiro atoms. The van der Waals surface area contributed by atoms with Gasteiger partial charge in [0.25, 0.3) is 0 Å². The number of aromatic nitrogens is 1. The van der Waals surface area contributed by atoms with Crippen LogP contribution in [0.5, 0.6) is 5.75 Å². The average Bonchev–Trinajstić information content (AvgIpc) is 2.95. The number of hydrogen-bond acceptors (Lipinski definition) is 6. The van der Waals surface area contributed by atoms with Crippen LogP contribution in [-0.2, 0) is 11.3 Å². The molecule has 0 aliphatic heterocycles. The third-order valence-corrected chi connectivity index (χ3v) is 3.20. The summed E-state index contributed by atoms with van der Waals surface area (Å²) in [6.07, 6.45) is 1.13. The van der Waals surface area contributed by atoms with Crippen LogP contribution < -0.4 is 4.74 Å². The van der Waals surface area contributed by atoms with Crippen molar-refractivity contribution in [1.82, 2.24) is 9.88 Å². The molecule has 6 nitrogen and oxygen atoms in total. The SMILES string of the molecule is COCC(O)CN(C)Cc1coc(-c2ccc(OC)cc2)n1. The van der Waals surface area contributed by atoms with Crippen LogP contribution in [0, 0.1) is 0 Å². The zero-order valence-electron chi connectivity index (χ0n) is 13.2. The lowest BCUT2D eigenvalue weighted by molar-refractivity contribution is 0.0416. The number of oxazole rings is 1. The second kappa shape index (κ2) is 7.93. The molecule has 6 heteroatoms. The molecule has 0 fully saturated rings. The van der Waals surface area contributed by atoms with E-state index in [0.717, 1.165) is 17.0 Å². The molecule has 1 aromatic heterocycles. The molecule has 0 saturated carbocycles. The summed E-state index contributed by atoms with van der Waals surface area (Å²) in [6.45, 7) is 1.43. The van der Waals surface area contributed by atoms with Gasteiger partial charge in [-0.3, -0.25) is 4.90 Å². The highest BCUT2D eigenvalue weighted by Crippen LogP contribution is 2.22. The number of likely N-dealkylation sites (N-methyl/N-ethyl adjacent to an activating group) is 1. The molecule has 0 radical (unpaired) electrons. The Morgan fingerprint density at radius 3 is 2.64 bits per heavy atom. The molecule has 0 aliphatic carbocycles. The van der Waals surface area contributed by atoms with Crippen LogP contribution >= 0.6 is 0 Å². The summed E-state index contributed by atoms with van der Waals surface area (Å²) in [7, 11) is 5.12. The maximum absolute atomic E-state index is 9.71. The number of benzene rings is 1. The van der Waals surface area contributed by atoms with Crippen molar-refractivity contribution in [3.05, 3.63) is 36.2 Å². The molecule has 1 unspecified atom stereocenters. The number of hydrogen-bond donors (Lipinski definition) is 1. The minimum Gasteiger partial charge on any atom is -0.497 e. The summed E-state index contributed by atoms with van der Waals surface area (Å²) in [5.41, 5.74) is 1.71. The first-order chi connectivity index (χ1) is 10.6. The van der Waals surface area contributed by atoms with Crippen LogP contribution in [-0.4, -0.2) is 55.5 Å². The van der Waals surface area contributed by atoms with Crippen molar-refractivity contribution >= 4 is 0 Å². The van der Waals surface area contributed by atoms with Gasteiger partial charge in [-0.2, -0.15) is 0 Å². The molecular formula is C16H22N2O4. The highest BCUT2D eigenvalue weighted by molar-refractivity contribution is 5.54. The normalized spacial score (nSPS) is 12.6. The van der Waals surface area contributed by atoms with E-state index in [1.54, 1.807) is 20.5 Å². The molecule has 0 aliphatic rings. The Morgan fingerprint density at radius 2 is 2.00 bits per heavy atom. The number of aliphatic hydroxyl groups is 1. The maximum Gasteiger partial charge on any atom is 0.226 e. The van der Waals surface area contributed by atoms with E-state index in [9.17, 15) is 5.11 Å². The van der Waals surface area contributed by atoms with Gasteiger partial charge in [0.1, 0.15) is 12.0 Å². The van der Waals surface area contributed by atoms with Gasteiger partial charge in [0.15, 0.2) is 0 Å². The molecule has 2 rings (SSSR count). The summed E-state index contributed by atoms with van der Waals surface area (Å²) in [5, 5.41) is 9.71. The highest BCUT2D eigenvalue weighted by atomic mass is 16.5. The molecule has 2 aromatic rings. The Hall–Kier alpha value is -1.89. The Bertz CT molecular complexity index is 568. The van der Waals surface area contributed by atoms with Gasteiger partial charge in [-0.05, 0) is 31.3 Å². The Labute approximate surface area is 130 Å². The lowest BCUT2D eigenvalue weighted by Gasteiger charge is -2.18. The lowest BCUT2D eigenvalue weighted by atomic mass is 10.2. The number of nitrogens with zero attached hydrogens (tertiary/aromatic N) is 2. The Balaban J connectivity index is 1.95. The molecular weight excluding hydrogens is 284 g/mol. The zero-order chi connectivity index (χ0) is 15.9. The molecule has 1 aromatic carbocycles. The first kappa shape index (κ1) is 16.5. The van der Waals surface area contributed by atoms with Crippen LogP contribution in [0.15, 0.2) is 34.9 Å². The number of rotatable bonds is 8. The van der Waals surface area contributed by atoms with E-state index in [1.165, 1.54) is 0 Å². The van der Waals surface area contributed by atoms with Crippen molar-refractivity contribution < 1.29 is 19.0 Å². The third-order valence-electron chi connectivity index (χ3n) is 3.20. The quantitative estimate of drug-likeness (QED) is 0.802. The highest BCUT2D eigenvalue weighted by Gasteiger charge is 2.12. The van der Waals surface area contributed by atoms with E-state index in [-0.39, 0.29) is 0 Å². The monoisotopic (exact) mass is 306 g/mol. The fourth-order valence-corrected chi connectivity index (χ4v) is 2.19. The zero-order valence-corrected chi connectivity index (χ0v) is 13.2. The van der Waals surface area contributed by atoms with Crippen molar-refractivity contribution in [2.24, 2.45) is 0 Å². The van der Waals surface area contributed by atoms with E-state index < -0.39 is 6.10 Å². The second-order valence-corrected chi connectivity index (χ2v) is 5.18. The minimum absolute atomic E-state index is 0.320. The Kier molecular flexibility index (Phi) is 5.94. The molecule has 0 saturated heterocycles. The first-order valence-electron chi connectivity index (χ1n) is 7.06. The summed E-state index contributed by atoms with van der Waals surface area (Å²) in [6, 6.07) is 7.54. The van der Waals surface area contributed by atoms with Crippen molar-refractivity contribution in [2.45, 2.75) is 12.6 Å². The summed E-state index contributed by atoms with van der Waals surface area (Å²) >= 11 is 0. The van der Waals surface area contributed by atoms with Crippen molar-refractivity contribution in [2.75, 3.05) is 34.4 Å². The predicted molar refractivity (Wildman–Crippen MR) is 82.7 cm³/mol. The van der Waals surface area contributed by atoms with Gasteiger partial charge in [-0.15, -0.1) is 0 Å². The Morgan fingerprint density at radius 1 is 1.27 bits per heavy atom. The smallest absolute Gasteiger partial charge is 0.226 e. The largest absolute Gasteiger partial charge is 0.497 e. The second-order valence-electron chi connectivity index (χ2n) is 5.18. The molecule has 1 atom stereocenters. The van der Waals surface area contributed by atoms with Crippen LogP contribution in [0.4, 0.5) is 0 Å². The van der Waals surface area contributed by atoms with E-state index in [0.29, 0.717) is 25.6 Å². The van der Waals surface area contributed by atoms with Crippen LogP contribution in [0.3, 0.4) is 0 Å². The van der Waals surface area contributed by atoms with Crippen molar-refractivity contribution in [3.63, 3.8) is 0 Å². The van der Waals surface area contributed by atoms with Crippen LogP contribution in [0.1, 0.15) is 5.69 Å². The average molecular weight is 306 g/mol. The molecule has 120 valence electrons. The van der Waals surface area contributed by atoms with Crippen molar-refractivity contribution in [1.29, 1.82) is 0 Å². The number of methoxy groups -OCH3 is 2. The van der Waals surface area contributed by atoms with Crippen LogP contribution in [0.2, 0.25) is 0 Å². The summed E-state index contributed by atoms with van der Waals surface area (Å²) < 4.78 is 15.6. The topological polar surface area (TPSA) is 68.0 Å². The molecule has 0 amide bonds. The third kappa shape index (κ3) is 4.56. The lowest BCUT2D eigenvalue weighted by Crippen LogP contribution is -2.31. The van der Waals surface area contributed by atoms with E-state index in [2.05, 4.69) is 4.98 Å². The van der Waals surface area contributed by atoms with Gasteiger partial charge in [-0.25, -0.2) is 4.98 Å². The van der Waals surface area contributed by atoms with Gasteiger partial charge < -0.3 is 19.0 Å².